The van der Waals surface area contributed by atoms with Crippen molar-refractivity contribution in [2.75, 3.05) is 37.9 Å². The lowest BCUT2D eigenvalue weighted by molar-refractivity contribution is -0.141. The Morgan fingerprint density at radius 1 is 0.803 bits per heavy atom. The van der Waals surface area contributed by atoms with Gasteiger partial charge in [-0.25, -0.2) is 14.4 Å². The summed E-state index contributed by atoms with van der Waals surface area (Å²) in [6, 6.07) is 9.04. The Morgan fingerprint density at radius 2 is 1.44 bits per heavy atom. The standard InChI is InChI=1S/C48H75N9O9/c1-14-65-44(62)30(6)25-36(28(2)3)57(13)43(61)39(47(7,8)9)56-42(60)38(51-12)48(10,11)32-17-15-18-34(26-32)54-46(64)66-27-31-20-22-33(23-21-31)53-40(58)35(19-16-24-52-45(50)63)55-41(59)37(49)29(4)5/h15,17-18,20-23,25-26,28-29,35-39,51H,14,16,19,24,27,49H2,1-13H3,(H,53,58)(H,54,64)(H,55,59)(H,56,60)(H3,50,52,63)/b30-25+/t35-,36+,37-,38?,39+/m0/s1. The van der Waals surface area contributed by atoms with E-state index in [1.807, 2.05) is 54.5 Å². The molecule has 1 unspecified atom stereocenters. The molecule has 0 heterocycles. The number of carbonyl (C=O) groups is 7. The number of urea groups is 1. The molecule has 0 saturated carbocycles. The number of carbonyl (C=O) groups excluding carboxylic acids is 7. The van der Waals surface area contributed by atoms with E-state index in [1.165, 1.54) is 0 Å². The van der Waals surface area contributed by atoms with Crippen LogP contribution in [0.3, 0.4) is 0 Å². The number of likely N-dealkylation sites (N-methyl/N-ethyl adjacent to an activating group) is 2. The molecule has 18 heteroatoms. The van der Waals surface area contributed by atoms with Gasteiger partial charge in [-0.15, -0.1) is 0 Å². The third-order valence-corrected chi connectivity index (χ3v) is 11.2. The highest BCUT2D eigenvalue weighted by molar-refractivity contribution is 5.98. The average molecular weight is 922 g/mol. The third kappa shape index (κ3) is 17.1. The highest BCUT2D eigenvalue weighted by Gasteiger charge is 2.42. The Bertz CT molecular complexity index is 2010. The van der Waals surface area contributed by atoms with Crippen LogP contribution in [0.25, 0.3) is 0 Å². The van der Waals surface area contributed by atoms with Crippen molar-refractivity contribution in [2.45, 2.75) is 131 Å². The van der Waals surface area contributed by atoms with Crippen molar-refractivity contribution in [1.82, 2.24) is 26.2 Å². The van der Waals surface area contributed by atoms with Crippen molar-refractivity contribution in [1.29, 1.82) is 0 Å². The third-order valence-electron chi connectivity index (χ3n) is 11.2. The summed E-state index contributed by atoms with van der Waals surface area (Å²) in [4.78, 5) is 92.4. The molecule has 0 aliphatic carbocycles. The Hall–Kier alpha value is -6.01. The maximum absolute atomic E-state index is 14.2. The number of hydrogen-bond acceptors (Lipinski definition) is 11. The van der Waals surface area contributed by atoms with Crippen LogP contribution in [0, 0.1) is 17.3 Å². The Morgan fingerprint density at radius 3 is 1.98 bits per heavy atom. The zero-order valence-corrected chi connectivity index (χ0v) is 41.0. The lowest BCUT2D eigenvalue weighted by atomic mass is 9.76. The first kappa shape index (κ1) is 56.1. The van der Waals surface area contributed by atoms with Crippen LogP contribution in [-0.2, 0) is 45.5 Å². The highest BCUT2D eigenvalue weighted by Crippen LogP contribution is 2.31. The van der Waals surface area contributed by atoms with E-state index in [9.17, 15) is 33.6 Å². The fourth-order valence-corrected chi connectivity index (χ4v) is 7.10. The summed E-state index contributed by atoms with van der Waals surface area (Å²) in [6.07, 6.45) is 1.59. The molecule has 0 fully saturated rings. The number of hydrogen-bond donors (Lipinski definition) is 8. The number of primary amides is 1. The van der Waals surface area contributed by atoms with Crippen LogP contribution in [0.4, 0.5) is 21.0 Å². The summed E-state index contributed by atoms with van der Waals surface area (Å²) < 4.78 is 10.7. The summed E-state index contributed by atoms with van der Waals surface area (Å²) in [5.74, 6) is -2.33. The van der Waals surface area contributed by atoms with E-state index in [-0.39, 0.29) is 43.9 Å². The van der Waals surface area contributed by atoms with Crippen molar-refractivity contribution >= 4 is 53.1 Å². The van der Waals surface area contributed by atoms with Gasteiger partial charge in [-0.3, -0.25) is 24.5 Å². The van der Waals surface area contributed by atoms with Crippen LogP contribution in [0.1, 0.15) is 100 Å². The van der Waals surface area contributed by atoms with E-state index in [2.05, 4.69) is 31.9 Å². The summed E-state index contributed by atoms with van der Waals surface area (Å²) in [5.41, 5.74) is 12.2. The fourth-order valence-electron chi connectivity index (χ4n) is 7.10. The van der Waals surface area contributed by atoms with Crippen molar-refractivity contribution in [2.24, 2.45) is 28.7 Å². The lowest BCUT2D eigenvalue weighted by Crippen LogP contribution is -2.61. The second kappa shape index (κ2) is 25.6. The quantitative estimate of drug-likeness (QED) is 0.0431. The summed E-state index contributed by atoms with van der Waals surface area (Å²) >= 11 is 0. The van der Waals surface area contributed by atoms with Crippen molar-refractivity contribution in [3.63, 3.8) is 0 Å². The van der Waals surface area contributed by atoms with Gasteiger partial charge in [0.15, 0.2) is 0 Å². The van der Waals surface area contributed by atoms with Crippen molar-refractivity contribution < 1.29 is 43.0 Å². The molecule has 0 aliphatic heterocycles. The Labute approximate surface area is 390 Å². The van der Waals surface area contributed by atoms with Gasteiger partial charge >= 0.3 is 18.1 Å². The zero-order chi connectivity index (χ0) is 50.1. The summed E-state index contributed by atoms with van der Waals surface area (Å²) in [5, 5.41) is 16.9. The van der Waals surface area contributed by atoms with Crippen LogP contribution in [0.2, 0.25) is 0 Å². The SMILES string of the molecule is CCOC(=O)/C(C)=C/[C@H](C(C)C)N(C)C(=O)[C@@H](NC(=O)C(NC)C(C)(C)c1cccc(NC(=O)OCc2ccc(NC(=O)[C@H](CCCNC(N)=O)NC(=O)[C@@H](N)C(C)C)cc2)c1)C(C)(C)C. The van der Waals surface area contributed by atoms with Gasteiger partial charge in [0.1, 0.15) is 18.7 Å². The van der Waals surface area contributed by atoms with E-state index in [4.69, 9.17) is 20.9 Å². The van der Waals surface area contributed by atoms with Crippen LogP contribution >= 0.6 is 0 Å². The van der Waals surface area contributed by atoms with Gasteiger partial charge in [-0.05, 0) is 86.4 Å². The number of nitrogens with one attached hydrogen (secondary N) is 6. The van der Waals surface area contributed by atoms with Crippen LogP contribution in [0.5, 0.6) is 0 Å². The van der Waals surface area contributed by atoms with E-state index in [1.54, 1.807) is 95.2 Å². The average Bonchev–Trinajstić information content (AvgIpc) is 3.24. The van der Waals surface area contributed by atoms with Gasteiger partial charge in [0.2, 0.25) is 23.6 Å². The molecule has 2 aromatic carbocycles. The number of anilines is 2. The maximum Gasteiger partial charge on any atom is 0.411 e. The van der Waals surface area contributed by atoms with Gasteiger partial charge in [0.25, 0.3) is 0 Å². The number of nitrogens with zero attached hydrogens (tertiary/aromatic N) is 1. The van der Waals surface area contributed by atoms with Gasteiger partial charge < -0.3 is 52.4 Å². The molecule has 0 saturated heterocycles. The first-order valence-electron chi connectivity index (χ1n) is 22.4. The second-order valence-corrected chi connectivity index (χ2v) is 18.7. The van der Waals surface area contributed by atoms with Gasteiger partial charge in [-0.1, -0.05) is 92.7 Å². The molecule has 2 aromatic rings. The number of nitrogens with two attached hydrogens (primary N) is 2. The van der Waals surface area contributed by atoms with E-state index in [0.717, 1.165) is 5.56 Å². The molecule has 366 valence electrons. The smallest absolute Gasteiger partial charge is 0.411 e. The minimum Gasteiger partial charge on any atom is -0.463 e. The van der Waals surface area contributed by atoms with E-state index in [0.29, 0.717) is 28.9 Å². The molecule has 7 amide bonds. The Kier molecular flexibility index (Phi) is 21.8. The molecule has 0 aliphatic rings. The number of ether oxygens (including phenoxy) is 2. The monoisotopic (exact) mass is 922 g/mol. The fraction of sp³-hybridized carbons (Fsp3) is 0.562. The van der Waals surface area contributed by atoms with Crippen molar-refractivity contribution in [3.05, 3.63) is 71.3 Å². The van der Waals surface area contributed by atoms with Crippen molar-refractivity contribution in [3.8, 4) is 0 Å². The first-order valence-corrected chi connectivity index (χ1v) is 22.4. The normalized spacial score (nSPS) is 14.2. The Balaban J connectivity index is 2.15. The molecule has 10 N–H and O–H groups in total. The van der Waals surface area contributed by atoms with Crippen LogP contribution < -0.4 is 43.4 Å². The number of esters is 1. The van der Waals surface area contributed by atoms with E-state index >= 15 is 0 Å². The van der Waals surface area contributed by atoms with E-state index < -0.39 is 76.9 Å². The largest absolute Gasteiger partial charge is 0.463 e. The molecule has 0 radical (unpaired) electrons. The minimum absolute atomic E-state index is 0.0514. The zero-order valence-electron chi connectivity index (χ0n) is 41.0. The number of benzene rings is 2. The van der Waals surface area contributed by atoms with Gasteiger partial charge in [-0.2, -0.15) is 0 Å². The predicted molar refractivity (Wildman–Crippen MR) is 256 cm³/mol. The lowest BCUT2D eigenvalue weighted by Gasteiger charge is -2.40. The molecule has 66 heavy (non-hydrogen) atoms. The molecule has 0 aromatic heterocycles. The summed E-state index contributed by atoms with van der Waals surface area (Å²) in [6.45, 7) is 20.6. The molecular weight excluding hydrogens is 847 g/mol. The summed E-state index contributed by atoms with van der Waals surface area (Å²) in [7, 11) is 3.33. The van der Waals surface area contributed by atoms with Crippen LogP contribution in [0.15, 0.2) is 60.2 Å². The highest BCUT2D eigenvalue weighted by atomic mass is 16.5. The molecular formula is C48H75N9O9. The topological polar surface area (TPSA) is 265 Å². The molecule has 0 spiro atoms. The number of amides is 7. The van der Waals surface area contributed by atoms with Crippen LogP contribution in [-0.4, -0.2) is 104 Å². The molecule has 18 nitrogen and oxygen atoms in total. The van der Waals surface area contributed by atoms with Gasteiger partial charge in [0, 0.05) is 36.0 Å². The van der Waals surface area contributed by atoms with Gasteiger partial charge in [0.05, 0.1) is 24.7 Å². The first-order chi connectivity index (χ1) is 30.7. The number of rotatable bonds is 23. The molecule has 5 atom stereocenters. The minimum atomic E-state index is -0.930. The predicted octanol–water partition coefficient (Wildman–Crippen LogP) is 4.68. The second-order valence-electron chi connectivity index (χ2n) is 18.7. The molecule has 0 bridgehead atoms. The maximum atomic E-state index is 14.2. The molecule has 2 rings (SSSR count).